The molecule has 0 bridgehead atoms. The van der Waals surface area contributed by atoms with Gasteiger partial charge in [0.15, 0.2) is 10.5 Å². The topological polar surface area (TPSA) is 0 Å². The van der Waals surface area contributed by atoms with Crippen molar-refractivity contribution >= 4 is 10.9 Å². The van der Waals surface area contributed by atoms with Gasteiger partial charge in [0, 0.05) is 10.9 Å². The summed E-state index contributed by atoms with van der Waals surface area (Å²) in [6.45, 7) is 4.84. The van der Waals surface area contributed by atoms with E-state index in [1.165, 1.54) is 42.6 Å². The van der Waals surface area contributed by atoms with Crippen molar-refractivity contribution in [2.75, 3.05) is 0 Å². The normalized spacial score (nSPS) is 41.5. The SMILES string of the molecule is CCC(C)[S+]1C2CCCCCCC21. The average molecular weight is 199 g/mol. The van der Waals surface area contributed by atoms with Crippen LogP contribution in [0.5, 0.6) is 0 Å². The van der Waals surface area contributed by atoms with Crippen molar-refractivity contribution < 1.29 is 0 Å². The largest absolute Gasteiger partial charge is 0.165 e. The first kappa shape index (κ1) is 9.89. The van der Waals surface area contributed by atoms with Crippen LogP contribution in [0.25, 0.3) is 0 Å². The van der Waals surface area contributed by atoms with Crippen LogP contribution in [0.4, 0.5) is 0 Å². The van der Waals surface area contributed by atoms with Crippen LogP contribution < -0.4 is 0 Å². The molecule has 2 aliphatic rings. The van der Waals surface area contributed by atoms with Crippen molar-refractivity contribution in [2.45, 2.75) is 74.5 Å². The molecule has 3 atom stereocenters. The molecule has 0 radical (unpaired) electrons. The molecule has 1 aliphatic heterocycles. The molecule has 0 aromatic heterocycles. The Bertz CT molecular complexity index is 153. The van der Waals surface area contributed by atoms with E-state index in [1.54, 1.807) is 12.8 Å². The summed E-state index contributed by atoms with van der Waals surface area (Å²) >= 11 is 0. The maximum Gasteiger partial charge on any atom is 0.165 e. The van der Waals surface area contributed by atoms with Gasteiger partial charge in [0.25, 0.3) is 0 Å². The molecule has 2 fully saturated rings. The molecule has 0 spiro atoms. The van der Waals surface area contributed by atoms with Gasteiger partial charge in [-0.3, -0.25) is 0 Å². The molecule has 1 heterocycles. The molecular formula is C12H23S+. The van der Waals surface area contributed by atoms with Gasteiger partial charge in [-0.05, 0) is 39.0 Å². The molecule has 0 nitrogen and oxygen atoms in total. The second kappa shape index (κ2) is 4.25. The first-order valence-corrected chi connectivity index (χ1v) is 7.46. The van der Waals surface area contributed by atoms with Gasteiger partial charge >= 0.3 is 0 Å². The summed E-state index contributed by atoms with van der Waals surface area (Å²) in [4.78, 5) is 0. The maximum absolute atomic E-state index is 2.48. The molecule has 1 saturated heterocycles. The summed E-state index contributed by atoms with van der Waals surface area (Å²) in [6.07, 6.45) is 10.6. The average Bonchev–Trinajstić information content (AvgIpc) is 2.75. The number of hydrogen-bond acceptors (Lipinski definition) is 0. The summed E-state index contributed by atoms with van der Waals surface area (Å²) in [5.74, 6) is 0. The minimum absolute atomic E-state index is 0.854. The van der Waals surface area contributed by atoms with Crippen molar-refractivity contribution in [3.8, 4) is 0 Å². The van der Waals surface area contributed by atoms with Gasteiger partial charge in [0.1, 0.15) is 5.25 Å². The first-order valence-electron chi connectivity index (χ1n) is 6.05. The van der Waals surface area contributed by atoms with Gasteiger partial charge in [-0.2, -0.15) is 0 Å². The zero-order valence-electron chi connectivity index (χ0n) is 9.09. The highest BCUT2D eigenvalue weighted by Gasteiger charge is 2.63. The van der Waals surface area contributed by atoms with Crippen molar-refractivity contribution in [1.82, 2.24) is 0 Å². The highest BCUT2D eigenvalue weighted by molar-refractivity contribution is 8.05. The lowest BCUT2D eigenvalue weighted by Gasteiger charge is -1.99. The Labute approximate surface area is 85.8 Å². The molecule has 0 aromatic carbocycles. The second-order valence-electron chi connectivity index (χ2n) is 4.70. The fourth-order valence-electron chi connectivity index (χ4n) is 2.80. The van der Waals surface area contributed by atoms with Crippen molar-refractivity contribution in [3.63, 3.8) is 0 Å². The zero-order valence-corrected chi connectivity index (χ0v) is 9.91. The minimum atomic E-state index is 0.854. The number of hydrogen-bond donors (Lipinski definition) is 0. The smallest absolute Gasteiger partial charge is 0.0606 e. The molecule has 2 rings (SSSR count). The highest BCUT2D eigenvalue weighted by Crippen LogP contribution is 2.47. The van der Waals surface area contributed by atoms with Crippen LogP contribution in [0.15, 0.2) is 0 Å². The van der Waals surface area contributed by atoms with E-state index in [2.05, 4.69) is 13.8 Å². The Kier molecular flexibility index (Phi) is 3.23. The minimum Gasteiger partial charge on any atom is -0.0606 e. The van der Waals surface area contributed by atoms with E-state index < -0.39 is 0 Å². The molecule has 0 aromatic rings. The van der Waals surface area contributed by atoms with E-state index >= 15 is 0 Å². The molecule has 0 amide bonds. The van der Waals surface area contributed by atoms with Crippen LogP contribution >= 0.6 is 0 Å². The van der Waals surface area contributed by atoms with Crippen LogP contribution in [-0.2, 0) is 10.9 Å². The quantitative estimate of drug-likeness (QED) is 0.471. The van der Waals surface area contributed by atoms with Gasteiger partial charge < -0.3 is 0 Å². The zero-order chi connectivity index (χ0) is 9.26. The fourth-order valence-corrected chi connectivity index (χ4v) is 6.37. The molecule has 1 heteroatoms. The van der Waals surface area contributed by atoms with E-state index in [0.717, 1.165) is 16.1 Å². The maximum atomic E-state index is 2.48. The Morgan fingerprint density at radius 3 is 2.08 bits per heavy atom. The standard InChI is InChI=1S/C12H23S/c1-3-10(2)13-11-8-6-4-5-7-9-12(11)13/h10-12H,3-9H2,1-2H3/q+1. The van der Waals surface area contributed by atoms with E-state index in [4.69, 9.17) is 0 Å². The lowest BCUT2D eigenvalue weighted by atomic mass is 10.0. The Hall–Kier alpha value is 0.350. The van der Waals surface area contributed by atoms with Gasteiger partial charge in [0.2, 0.25) is 0 Å². The molecule has 76 valence electrons. The lowest BCUT2D eigenvalue weighted by Crippen LogP contribution is -2.07. The first-order chi connectivity index (χ1) is 6.34. The van der Waals surface area contributed by atoms with E-state index in [1.807, 2.05) is 0 Å². The van der Waals surface area contributed by atoms with Crippen LogP contribution in [0, 0.1) is 0 Å². The van der Waals surface area contributed by atoms with Gasteiger partial charge in [0.05, 0.1) is 0 Å². The van der Waals surface area contributed by atoms with Crippen LogP contribution in [0.3, 0.4) is 0 Å². The third-order valence-corrected chi connectivity index (χ3v) is 7.28. The van der Waals surface area contributed by atoms with Crippen molar-refractivity contribution in [1.29, 1.82) is 0 Å². The number of rotatable bonds is 2. The lowest BCUT2D eigenvalue weighted by molar-refractivity contribution is 0.551. The van der Waals surface area contributed by atoms with Crippen LogP contribution in [-0.4, -0.2) is 15.7 Å². The summed E-state index contributed by atoms with van der Waals surface area (Å²) in [7, 11) is 0.854. The number of fused-ring (bicyclic) bond motifs is 1. The molecule has 13 heavy (non-hydrogen) atoms. The molecular weight excluding hydrogens is 176 g/mol. The second-order valence-corrected chi connectivity index (χ2v) is 7.53. The Morgan fingerprint density at radius 1 is 1.08 bits per heavy atom. The molecule has 3 unspecified atom stereocenters. The summed E-state index contributed by atoms with van der Waals surface area (Å²) in [6, 6.07) is 0. The van der Waals surface area contributed by atoms with E-state index in [9.17, 15) is 0 Å². The van der Waals surface area contributed by atoms with Gasteiger partial charge in [-0.25, -0.2) is 0 Å². The molecule has 0 N–H and O–H groups in total. The monoisotopic (exact) mass is 199 g/mol. The predicted molar refractivity (Wildman–Crippen MR) is 62.4 cm³/mol. The predicted octanol–water partition coefficient (Wildman–Crippen LogP) is 3.51. The van der Waals surface area contributed by atoms with E-state index in [0.29, 0.717) is 0 Å². The van der Waals surface area contributed by atoms with Crippen molar-refractivity contribution in [3.05, 3.63) is 0 Å². The van der Waals surface area contributed by atoms with Crippen molar-refractivity contribution in [2.24, 2.45) is 0 Å². The Balaban J connectivity index is 1.87. The van der Waals surface area contributed by atoms with Gasteiger partial charge in [-0.15, -0.1) is 0 Å². The molecule has 1 aliphatic carbocycles. The Morgan fingerprint density at radius 2 is 1.62 bits per heavy atom. The summed E-state index contributed by atoms with van der Waals surface area (Å²) in [5, 5.41) is 3.39. The summed E-state index contributed by atoms with van der Waals surface area (Å²) in [5.41, 5.74) is 0. The highest BCUT2D eigenvalue weighted by atomic mass is 32.2. The van der Waals surface area contributed by atoms with Gasteiger partial charge in [-0.1, -0.05) is 19.8 Å². The van der Waals surface area contributed by atoms with Crippen LogP contribution in [0.1, 0.15) is 58.8 Å². The third-order valence-electron chi connectivity index (χ3n) is 3.80. The summed E-state index contributed by atoms with van der Waals surface area (Å²) < 4.78 is 0. The third kappa shape index (κ3) is 2.06. The molecule has 1 saturated carbocycles. The van der Waals surface area contributed by atoms with E-state index in [-0.39, 0.29) is 0 Å². The fraction of sp³-hybridized carbons (Fsp3) is 1.00. The van der Waals surface area contributed by atoms with Crippen LogP contribution in [0.2, 0.25) is 0 Å².